The van der Waals surface area contributed by atoms with Crippen LogP contribution >= 0.6 is 23.2 Å². The lowest BCUT2D eigenvalue weighted by molar-refractivity contribution is 0.0871. The van der Waals surface area contributed by atoms with Crippen molar-refractivity contribution >= 4 is 40.4 Å². The molecule has 2 aromatic rings. The molecule has 0 radical (unpaired) electrons. The van der Waals surface area contributed by atoms with Gasteiger partial charge in [0.2, 0.25) is 5.78 Å². The quantitative estimate of drug-likeness (QED) is 0.667. The predicted octanol–water partition coefficient (Wildman–Crippen LogP) is 3.49. The number of benzene rings is 2. The van der Waals surface area contributed by atoms with Gasteiger partial charge in [0.1, 0.15) is 0 Å². The van der Waals surface area contributed by atoms with E-state index in [0.29, 0.717) is 11.3 Å². The third-order valence-corrected chi connectivity index (χ3v) is 4.25. The Hall–Kier alpha value is -1.83. The zero-order valence-electron chi connectivity index (χ0n) is 10.8. The van der Waals surface area contributed by atoms with Crippen LogP contribution in [-0.2, 0) is 10.6 Å². The number of rotatable bonds is 2. The molecule has 2 heterocycles. The maximum absolute atomic E-state index is 12.7. The predicted molar refractivity (Wildman–Crippen MR) is 80.1 cm³/mol. The van der Waals surface area contributed by atoms with Crippen LogP contribution in [0, 0.1) is 5.21 Å². The molecular weight excluding hydrogens is 331 g/mol. The third-order valence-electron chi connectivity index (χ3n) is 3.73. The molecule has 1 fully saturated rings. The smallest absolute Gasteiger partial charge is 0.282 e. The minimum Gasteiger partial charge on any atom is -0.733 e. The largest absolute Gasteiger partial charge is 0.733 e. The SMILES string of the molecule is O=C1c2ccccc2N2O[C@]12c1c(Cl)cc(Cl)cc1N([O-])O. The van der Waals surface area contributed by atoms with E-state index in [1.807, 2.05) is 0 Å². The zero-order valence-corrected chi connectivity index (χ0v) is 12.3. The zero-order chi connectivity index (χ0) is 15.6. The van der Waals surface area contributed by atoms with E-state index < -0.39 is 5.72 Å². The van der Waals surface area contributed by atoms with Crippen LogP contribution in [0.1, 0.15) is 15.9 Å². The normalized spacial score (nSPS) is 21.6. The third kappa shape index (κ3) is 1.58. The highest BCUT2D eigenvalue weighted by atomic mass is 35.5. The van der Waals surface area contributed by atoms with Crippen LogP contribution < -0.4 is 10.3 Å². The molecule has 0 spiro atoms. The van der Waals surface area contributed by atoms with E-state index in [1.165, 1.54) is 17.2 Å². The van der Waals surface area contributed by atoms with E-state index in [4.69, 9.17) is 28.0 Å². The van der Waals surface area contributed by atoms with Crippen LogP contribution in [0.3, 0.4) is 0 Å². The fraction of sp³-hybridized carbons (Fsp3) is 0.0714. The van der Waals surface area contributed by atoms with E-state index in [1.54, 1.807) is 24.3 Å². The summed E-state index contributed by atoms with van der Waals surface area (Å²) in [6.45, 7) is 0. The van der Waals surface area contributed by atoms with E-state index in [0.717, 1.165) is 0 Å². The van der Waals surface area contributed by atoms with Gasteiger partial charge in [0, 0.05) is 10.6 Å². The average molecular weight is 338 g/mol. The van der Waals surface area contributed by atoms with Gasteiger partial charge in [0.05, 0.1) is 22.0 Å². The molecule has 0 bridgehead atoms. The Balaban J connectivity index is 1.95. The summed E-state index contributed by atoms with van der Waals surface area (Å²) in [4.78, 5) is 18.2. The highest BCUT2D eigenvalue weighted by Crippen LogP contribution is 2.60. The summed E-state index contributed by atoms with van der Waals surface area (Å²) in [6.07, 6.45) is 0. The number of hydrogen-bond acceptors (Lipinski definition) is 6. The Morgan fingerprint density at radius 2 is 2.00 bits per heavy atom. The number of para-hydroxylation sites is 1. The van der Waals surface area contributed by atoms with Gasteiger partial charge in [-0.3, -0.25) is 10.0 Å². The first-order valence-corrected chi connectivity index (χ1v) is 7.01. The summed E-state index contributed by atoms with van der Waals surface area (Å²) in [6, 6.07) is 9.48. The first kappa shape index (κ1) is 13.8. The van der Waals surface area contributed by atoms with Gasteiger partial charge in [-0.15, -0.1) is 0 Å². The van der Waals surface area contributed by atoms with Crippen LogP contribution in [0.4, 0.5) is 11.4 Å². The Morgan fingerprint density at radius 1 is 1.27 bits per heavy atom. The molecule has 0 aromatic heterocycles. The van der Waals surface area contributed by atoms with Gasteiger partial charge in [-0.1, -0.05) is 35.3 Å². The number of nitrogens with zero attached hydrogens (tertiary/aromatic N) is 2. The second-order valence-electron chi connectivity index (χ2n) is 4.93. The Bertz CT molecular complexity index is 826. The fourth-order valence-electron chi connectivity index (χ4n) is 2.80. The van der Waals surface area contributed by atoms with Crippen molar-refractivity contribution in [3.8, 4) is 0 Å². The highest BCUT2D eigenvalue weighted by molar-refractivity contribution is 6.36. The molecule has 0 amide bonds. The summed E-state index contributed by atoms with van der Waals surface area (Å²) >= 11 is 12.0. The van der Waals surface area contributed by atoms with Gasteiger partial charge in [-0.2, -0.15) is 0 Å². The first-order valence-electron chi connectivity index (χ1n) is 6.25. The molecule has 22 heavy (non-hydrogen) atoms. The topological polar surface area (TPSA) is 79.1 Å². The van der Waals surface area contributed by atoms with Gasteiger partial charge < -0.3 is 10.4 Å². The summed E-state index contributed by atoms with van der Waals surface area (Å²) in [5.41, 5.74) is -0.647. The molecule has 2 aliphatic heterocycles. The van der Waals surface area contributed by atoms with Crippen LogP contribution in [0.25, 0.3) is 0 Å². The number of carbonyl (C=O) groups excluding carboxylic acids is 1. The number of carbonyl (C=O) groups is 1. The Morgan fingerprint density at radius 3 is 2.68 bits per heavy atom. The van der Waals surface area contributed by atoms with Crippen LogP contribution in [0.15, 0.2) is 36.4 Å². The molecule has 2 aliphatic rings. The standard InChI is InChI=1S/C14H7Cl2N2O4/c15-7-5-9(16)12(11(6-7)18(20)21)14-13(19)8-3-1-2-4-10(8)17(14)22-14/h1-6,20H/q-1/t14-,17?/m1/s1. The average Bonchev–Trinajstić information content (AvgIpc) is 3.16. The van der Waals surface area contributed by atoms with Crippen molar-refractivity contribution < 1.29 is 14.8 Å². The number of hydroxylamine groups is 1. The molecule has 0 unspecified atom stereocenters. The summed E-state index contributed by atoms with van der Waals surface area (Å²) in [5, 5.41) is 22.0. The number of ketones is 1. The minimum absolute atomic E-state index is 0.0565. The number of fused-ring (bicyclic) bond motifs is 3. The first-order chi connectivity index (χ1) is 10.5. The number of halogens is 2. The second kappa shape index (κ2) is 4.34. The molecule has 1 saturated heterocycles. The van der Waals surface area contributed by atoms with Crippen molar-refractivity contribution in [2.75, 3.05) is 10.3 Å². The summed E-state index contributed by atoms with van der Waals surface area (Å²) in [7, 11) is 0. The molecule has 112 valence electrons. The van der Waals surface area contributed by atoms with Crippen molar-refractivity contribution in [3.05, 3.63) is 62.8 Å². The van der Waals surface area contributed by atoms with E-state index in [9.17, 15) is 15.2 Å². The number of anilines is 2. The summed E-state index contributed by atoms with van der Waals surface area (Å²) in [5.74, 6) is -0.351. The van der Waals surface area contributed by atoms with E-state index in [2.05, 4.69) is 0 Å². The maximum atomic E-state index is 12.7. The van der Waals surface area contributed by atoms with Gasteiger partial charge in [-0.05, 0) is 24.3 Å². The lowest BCUT2D eigenvalue weighted by Gasteiger charge is -2.26. The van der Waals surface area contributed by atoms with Crippen LogP contribution in [-0.4, -0.2) is 11.0 Å². The summed E-state index contributed by atoms with van der Waals surface area (Å²) < 4.78 is 0. The van der Waals surface area contributed by atoms with Crippen molar-refractivity contribution in [2.45, 2.75) is 5.72 Å². The fourth-order valence-corrected chi connectivity index (χ4v) is 3.41. The lowest BCUT2D eigenvalue weighted by Crippen LogP contribution is -2.25. The minimum atomic E-state index is -1.52. The van der Waals surface area contributed by atoms with Crippen molar-refractivity contribution in [2.24, 2.45) is 0 Å². The van der Waals surface area contributed by atoms with Gasteiger partial charge in [-0.25, -0.2) is 9.90 Å². The van der Waals surface area contributed by atoms with Crippen molar-refractivity contribution in [3.63, 3.8) is 0 Å². The van der Waals surface area contributed by atoms with Gasteiger partial charge in [0.15, 0.2) is 0 Å². The van der Waals surface area contributed by atoms with Gasteiger partial charge >= 0.3 is 0 Å². The Labute approximate surface area is 134 Å². The molecule has 0 saturated carbocycles. The van der Waals surface area contributed by atoms with E-state index >= 15 is 0 Å². The molecule has 1 N–H and O–H groups in total. The molecule has 4 rings (SSSR count). The second-order valence-corrected chi connectivity index (χ2v) is 5.77. The highest BCUT2D eigenvalue weighted by Gasteiger charge is 2.70. The van der Waals surface area contributed by atoms with Gasteiger partial charge in [0.25, 0.3) is 5.72 Å². The van der Waals surface area contributed by atoms with Crippen molar-refractivity contribution in [1.82, 2.24) is 0 Å². The van der Waals surface area contributed by atoms with E-state index in [-0.39, 0.29) is 32.3 Å². The van der Waals surface area contributed by atoms with Crippen LogP contribution in [0.5, 0.6) is 0 Å². The Kier molecular flexibility index (Phi) is 2.73. The molecule has 6 nitrogen and oxygen atoms in total. The number of Topliss-reactive ketones (excluding diaryl/α,β-unsaturated/α-hetero) is 1. The molecule has 2 aromatic carbocycles. The number of hydrogen-bond donors (Lipinski definition) is 1. The van der Waals surface area contributed by atoms with Crippen molar-refractivity contribution in [1.29, 1.82) is 0 Å². The molecular formula is C14H7Cl2N2O4-. The molecule has 1 atom stereocenters. The molecule has 8 heteroatoms. The van der Waals surface area contributed by atoms with Crippen LogP contribution in [0.2, 0.25) is 10.0 Å². The maximum Gasteiger partial charge on any atom is 0.282 e. The lowest BCUT2D eigenvalue weighted by atomic mass is 9.97. The molecule has 0 aliphatic carbocycles. The monoisotopic (exact) mass is 337 g/mol.